The van der Waals surface area contributed by atoms with Crippen molar-refractivity contribution in [2.45, 2.75) is 116 Å². The molecule has 3 aliphatic heterocycles. The number of hydrogen-bond donors (Lipinski definition) is 1. The van der Waals surface area contributed by atoms with E-state index < -0.39 is 5.97 Å². The van der Waals surface area contributed by atoms with Gasteiger partial charge in [0.15, 0.2) is 0 Å². The molecule has 0 amide bonds. The molecule has 0 aromatic rings. The molecule has 8 heteroatoms. The van der Waals surface area contributed by atoms with E-state index in [1.807, 2.05) is 0 Å². The molecule has 0 aromatic carbocycles. The van der Waals surface area contributed by atoms with Gasteiger partial charge in [0.1, 0.15) is 5.76 Å². The fraction of sp³-hybridized carbons (Fsp3) is 0.914. The number of aliphatic carboxylic acids is 1. The van der Waals surface area contributed by atoms with Crippen molar-refractivity contribution < 1.29 is 38.3 Å². The summed E-state index contributed by atoms with van der Waals surface area (Å²) in [6.07, 6.45) is 11.7. The van der Waals surface area contributed by atoms with Gasteiger partial charge in [-0.2, -0.15) is 0 Å². The summed E-state index contributed by atoms with van der Waals surface area (Å²) >= 11 is 0. The molecule has 2 atom stereocenters. The van der Waals surface area contributed by atoms with Crippen LogP contribution in [0.1, 0.15) is 105 Å². The highest BCUT2D eigenvalue weighted by Crippen LogP contribution is 2.68. The van der Waals surface area contributed by atoms with Gasteiger partial charge >= 0.3 is 5.97 Å². The molecule has 3 heterocycles. The zero-order valence-electron chi connectivity index (χ0n) is 27.2. The Morgan fingerprint density at radius 1 is 0.698 bits per heavy atom. The average molecular weight is 605 g/mol. The molecule has 1 N–H and O–H groups in total. The molecule has 0 spiro atoms. The molecule has 4 saturated carbocycles. The van der Waals surface area contributed by atoms with E-state index in [2.05, 4.69) is 20.8 Å². The van der Waals surface area contributed by atoms with Gasteiger partial charge in [0, 0.05) is 41.3 Å². The van der Waals surface area contributed by atoms with Crippen LogP contribution in [-0.4, -0.2) is 81.7 Å². The van der Waals surface area contributed by atoms with Crippen LogP contribution in [0.4, 0.5) is 0 Å². The first-order chi connectivity index (χ1) is 20.6. The van der Waals surface area contributed by atoms with Gasteiger partial charge in [0.05, 0.1) is 63.0 Å². The van der Waals surface area contributed by atoms with Gasteiger partial charge in [0.25, 0.3) is 0 Å². The highest BCUT2D eigenvalue weighted by atomic mass is 16.5. The lowest BCUT2D eigenvalue weighted by Crippen LogP contribution is -2.65. The van der Waals surface area contributed by atoms with Crippen molar-refractivity contribution in [3.05, 3.63) is 11.3 Å². The first kappa shape index (κ1) is 31.8. The minimum Gasteiger partial charge on any atom is -0.497 e. The van der Waals surface area contributed by atoms with Crippen LogP contribution in [0.25, 0.3) is 0 Å². The van der Waals surface area contributed by atoms with E-state index in [9.17, 15) is 9.90 Å². The Bertz CT molecular complexity index is 994. The van der Waals surface area contributed by atoms with E-state index >= 15 is 0 Å². The summed E-state index contributed by atoms with van der Waals surface area (Å²) in [7, 11) is 0. The lowest BCUT2D eigenvalue weighted by Gasteiger charge is -2.66. The number of allylic oxidation sites excluding steroid dienone is 1. The largest absolute Gasteiger partial charge is 0.497 e. The van der Waals surface area contributed by atoms with E-state index in [4.69, 9.17) is 28.4 Å². The molecule has 244 valence electrons. The normalized spacial score (nSPS) is 36.7. The number of carboxylic acid groups (broad SMARTS) is 1. The molecule has 0 radical (unpaired) electrons. The standard InChI is InChI=1S/C35H56O8/c1-5-30(20-38-21-30)8-11-41-28(26(4)29(36)37)33-14-27-15-34(17-33,42-12-9-31(6-2)22-39-23-31)19-35(16-27,18-33)43-13-10-32(7-3)24-40-25-32/h27H,5-25H2,1-4H3,(H,36,37). The number of carboxylic acids is 1. The van der Waals surface area contributed by atoms with Gasteiger partial charge < -0.3 is 33.5 Å². The van der Waals surface area contributed by atoms with Crippen molar-refractivity contribution in [2.24, 2.45) is 27.6 Å². The Balaban J connectivity index is 1.25. The maximum Gasteiger partial charge on any atom is 0.334 e. The minimum absolute atomic E-state index is 0.152. The summed E-state index contributed by atoms with van der Waals surface area (Å²) in [4.78, 5) is 12.5. The highest BCUT2D eigenvalue weighted by molar-refractivity contribution is 5.86. The summed E-state index contributed by atoms with van der Waals surface area (Å²) in [6.45, 7) is 15.2. The predicted molar refractivity (Wildman–Crippen MR) is 162 cm³/mol. The number of hydrogen-bond acceptors (Lipinski definition) is 7. The van der Waals surface area contributed by atoms with E-state index in [0.29, 0.717) is 37.1 Å². The van der Waals surface area contributed by atoms with Crippen LogP contribution in [0.5, 0.6) is 0 Å². The lowest BCUT2D eigenvalue weighted by atomic mass is 9.45. The fourth-order valence-corrected chi connectivity index (χ4v) is 9.68. The molecule has 43 heavy (non-hydrogen) atoms. The van der Waals surface area contributed by atoms with Gasteiger partial charge in [-0.1, -0.05) is 20.8 Å². The summed E-state index contributed by atoms with van der Waals surface area (Å²) in [5.41, 5.74) is -0.0531. The van der Waals surface area contributed by atoms with Crippen LogP contribution >= 0.6 is 0 Å². The minimum atomic E-state index is -0.891. The van der Waals surface area contributed by atoms with Crippen LogP contribution in [0, 0.1) is 27.6 Å². The summed E-state index contributed by atoms with van der Waals surface area (Å²) in [6, 6.07) is 0. The van der Waals surface area contributed by atoms with E-state index in [-0.39, 0.29) is 32.9 Å². The SMILES string of the molecule is CCC1(CCOC(=C(C)C(=O)O)C23CC4CC(OCCC5(CC)COC5)(CC(OCCC5(CC)COC5)(C4)C2)C3)COC1. The average Bonchev–Trinajstić information content (AvgIpc) is 2.89. The fourth-order valence-electron chi connectivity index (χ4n) is 9.68. The molecule has 2 unspecified atom stereocenters. The first-order valence-electron chi connectivity index (χ1n) is 17.2. The van der Waals surface area contributed by atoms with E-state index in [0.717, 1.165) is 117 Å². The maximum atomic E-state index is 12.5. The third kappa shape index (κ3) is 5.93. The van der Waals surface area contributed by atoms with Gasteiger partial charge in [-0.05, 0) is 83.5 Å². The zero-order valence-corrected chi connectivity index (χ0v) is 27.2. The third-order valence-electron chi connectivity index (χ3n) is 12.8. The molecular weight excluding hydrogens is 548 g/mol. The monoisotopic (exact) mass is 604 g/mol. The number of ether oxygens (including phenoxy) is 6. The van der Waals surface area contributed by atoms with Crippen molar-refractivity contribution in [1.29, 1.82) is 0 Å². The smallest absolute Gasteiger partial charge is 0.334 e. The van der Waals surface area contributed by atoms with Gasteiger partial charge in [-0.25, -0.2) is 4.79 Å². The molecule has 3 saturated heterocycles. The Hall–Kier alpha value is -1.19. The van der Waals surface area contributed by atoms with Crippen LogP contribution in [0.3, 0.4) is 0 Å². The number of carbonyl (C=O) groups is 1. The Morgan fingerprint density at radius 3 is 1.51 bits per heavy atom. The van der Waals surface area contributed by atoms with Crippen LogP contribution in [-0.2, 0) is 33.2 Å². The quantitative estimate of drug-likeness (QED) is 0.153. The molecule has 7 fully saturated rings. The summed E-state index contributed by atoms with van der Waals surface area (Å²) in [5.74, 6) is 0.224. The molecule has 4 bridgehead atoms. The third-order valence-corrected chi connectivity index (χ3v) is 12.8. The Kier molecular flexibility index (Phi) is 8.77. The molecule has 8 nitrogen and oxygen atoms in total. The second-order valence-electron chi connectivity index (χ2n) is 15.7. The van der Waals surface area contributed by atoms with Crippen molar-refractivity contribution in [2.75, 3.05) is 59.5 Å². The molecule has 0 aromatic heterocycles. The molecule has 7 aliphatic rings. The second-order valence-corrected chi connectivity index (χ2v) is 15.7. The van der Waals surface area contributed by atoms with Crippen LogP contribution in [0.2, 0.25) is 0 Å². The molecular formula is C35H56O8. The van der Waals surface area contributed by atoms with Crippen molar-refractivity contribution in [1.82, 2.24) is 0 Å². The topological polar surface area (TPSA) is 92.7 Å². The predicted octanol–water partition coefficient (Wildman–Crippen LogP) is 6.31. The summed E-state index contributed by atoms with van der Waals surface area (Å²) < 4.78 is 37.5. The number of rotatable bonds is 17. The zero-order chi connectivity index (χ0) is 30.4. The van der Waals surface area contributed by atoms with E-state index in [1.165, 1.54) is 0 Å². The molecule has 7 rings (SSSR count). The Labute approximate surface area is 258 Å². The van der Waals surface area contributed by atoms with Crippen LogP contribution in [0.15, 0.2) is 11.3 Å². The lowest BCUT2D eigenvalue weighted by molar-refractivity contribution is -0.267. The van der Waals surface area contributed by atoms with Gasteiger partial charge in [-0.15, -0.1) is 0 Å². The van der Waals surface area contributed by atoms with Gasteiger partial charge in [0.2, 0.25) is 0 Å². The van der Waals surface area contributed by atoms with Crippen molar-refractivity contribution >= 4 is 5.97 Å². The van der Waals surface area contributed by atoms with E-state index in [1.54, 1.807) is 6.92 Å². The van der Waals surface area contributed by atoms with Crippen molar-refractivity contribution in [3.63, 3.8) is 0 Å². The van der Waals surface area contributed by atoms with Crippen LogP contribution < -0.4 is 0 Å². The maximum absolute atomic E-state index is 12.5. The molecule has 4 aliphatic carbocycles. The van der Waals surface area contributed by atoms with Gasteiger partial charge in [-0.3, -0.25) is 0 Å². The van der Waals surface area contributed by atoms with Crippen molar-refractivity contribution in [3.8, 4) is 0 Å². The Morgan fingerprint density at radius 2 is 1.14 bits per heavy atom. The summed E-state index contributed by atoms with van der Waals surface area (Å²) in [5, 5.41) is 10.3. The second kappa shape index (κ2) is 11.9. The highest BCUT2D eigenvalue weighted by Gasteiger charge is 2.67. The first-order valence-corrected chi connectivity index (χ1v) is 17.2.